The van der Waals surface area contributed by atoms with Crippen molar-refractivity contribution in [2.45, 2.75) is 12.8 Å². The highest BCUT2D eigenvalue weighted by atomic mass is 32.2. The van der Waals surface area contributed by atoms with Gasteiger partial charge in [-0.25, -0.2) is 0 Å². The minimum atomic E-state index is -0.874. The largest absolute Gasteiger partial charge is 0.497 e. The molecule has 1 aliphatic rings. The van der Waals surface area contributed by atoms with E-state index in [1.807, 2.05) is 42.5 Å². The van der Waals surface area contributed by atoms with Gasteiger partial charge in [-0.15, -0.1) is 11.3 Å². The van der Waals surface area contributed by atoms with E-state index in [0.29, 0.717) is 22.2 Å². The zero-order chi connectivity index (χ0) is 19.4. The first kappa shape index (κ1) is 19.6. The molecule has 8 heteroatoms. The van der Waals surface area contributed by atoms with Crippen LogP contribution in [0.1, 0.15) is 17.7 Å². The Morgan fingerprint density at radius 2 is 2.00 bits per heavy atom. The first-order valence-corrected chi connectivity index (χ1v) is 10.2. The number of thioether (sulfide) groups is 1. The Balaban J connectivity index is 1.71. The molecule has 1 aliphatic heterocycles. The highest BCUT2D eigenvalue weighted by Crippen LogP contribution is 2.36. The molecule has 140 valence electrons. The van der Waals surface area contributed by atoms with Gasteiger partial charge in [0.05, 0.1) is 12.0 Å². The van der Waals surface area contributed by atoms with Gasteiger partial charge in [0.25, 0.3) is 5.91 Å². The van der Waals surface area contributed by atoms with Crippen molar-refractivity contribution in [3.63, 3.8) is 0 Å². The molecule has 2 aromatic rings. The Bertz CT molecular complexity index is 902. The van der Waals surface area contributed by atoms with Crippen LogP contribution in [0.5, 0.6) is 5.75 Å². The molecule has 0 aliphatic carbocycles. The number of ether oxygens (including phenoxy) is 1. The molecule has 3 rings (SSSR count). The number of amides is 1. The predicted molar refractivity (Wildman–Crippen MR) is 113 cm³/mol. The molecule has 0 bridgehead atoms. The maximum Gasteiger partial charge on any atom is 0.303 e. The summed E-state index contributed by atoms with van der Waals surface area (Å²) in [6.45, 7) is 0.329. The highest BCUT2D eigenvalue weighted by molar-refractivity contribution is 8.26. The number of thiocarbonyl (C=S) groups is 1. The van der Waals surface area contributed by atoms with Crippen LogP contribution in [0.15, 0.2) is 41.3 Å². The second-order valence-corrected chi connectivity index (χ2v) is 8.55. The number of carboxylic acids is 1. The molecular formula is C19H17NO4S3. The van der Waals surface area contributed by atoms with Gasteiger partial charge in [0.2, 0.25) is 0 Å². The van der Waals surface area contributed by atoms with E-state index in [2.05, 4.69) is 0 Å². The van der Waals surface area contributed by atoms with E-state index in [0.717, 1.165) is 21.1 Å². The molecule has 0 atom stereocenters. The van der Waals surface area contributed by atoms with Crippen LogP contribution in [0.4, 0.5) is 0 Å². The molecule has 0 radical (unpaired) electrons. The summed E-state index contributed by atoms with van der Waals surface area (Å²) in [5, 5.41) is 8.73. The maximum absolute atomic E-state index is 12.5. The van der Waals surface area contributed by atoms with Gasteiger partial charge >= 0.3 is 5.97 Å². The zero-order valence-electron chi connectivity index (χ0n) is 14.5. The van der Waals surface area contributed by atoms with E-state index < -0.39 is 5.97 Å². The van der Waals surface area contributed by atoms with Crippen molar-refractivity contribution in [3.8, 4) is 16.2 Å². The Hall–Kier alpha value is -2.16. The molecule has 1 fully saturated rings. The van der Waals surface area contributed by atoms with Crippen LogP contribution >= 0.6 is 35.3 Å². The summed E-state index contributed by atoms with van der Waals surface area (Å²) < 4.78 is 5.65. The number of hydrogen-bond donors (Lipinski definition) is 1. The number of methoxy groups -OCH3 is 1. The van der Waals surface area contributed by atoms with Crippen LogP contribution in [-0.4, -0.2) is 39.9 Å². The lowest BCUT2D eigenvalue weighted by molar-refractivity contribution is -0.137. The standard InChI is InChI=1S/C19H17NO4S3/c1-24-13-6-4-12(5-7-13)15-9-8-14(26-15)11-16-18(23)20(19(25)27-16)10-2-3-17(21)22/h4-9,11H,2-3,10H2,1H3,(H,21,22)/b16-11+. The van der Waals surface area contributed by atoms with Gasteiger partial charge in [-0.2, -0.15) is 0 Å². The van der Waals surface area contributed by atoms with Crippen LogP contribution in [0.2, 0.25) is 0 Å². The SMILES string of the molecule is COc1ccc(-c2ccc(/C=C3/SC(=S)N(CCCC(=O)O)C3=O)s2)cc1. The molecule has 2 heterocycles. The molecule has 1 aromatic heterocycles. The number of carbonyl (C=O) groups excluding carboxylic acids is 1. The van der Waals surface area contributed by atoms with E-state index in [4.69, 9.17) is 22.1 Å². The van der Waals surface area contributed by atoms with Crippen molar-refractivity contribution in [2.75, 3.05) is 13.7 Å². The molecule has 1 N–H and O–H groups in total. The van der Waals surface area contributed by atoms with Gasteiger partial charge in [0.15, 0.2) is 0 Å². The summed E-state index contributed by atoms with van der Waals surface area (Å²) in [6.07, 6.45) is 2.25. The number of carboxylic acid groups (broad SMARTS) is 1. The Labute approximate surface area is 170 Å². The first-order valence-electron chi connectivity index (χ1n) is 8.19. The number of rotatable bonds is 7. The first-order chi connectivity index (χ1) is 13.0. The molecule has 1 aromatic carbocycles. The van der Waals surface area contributed by atoms with Gasteiger partial charge in [-0.05, 0) is 54.5 Å². The van der Waals surface area contributed by atoms with Crippen LogP contribution in [0, 0.1) is 0 Å². The second kappa shape index (κ2) is 8.69. The monoisotopic (exact) mass is 419 g/mol. The fourth-order valence-corrected chi connectivity index (χ4v) is 4.88. The molecule has 5 nitrogen and oxygen atoms in total. The molecule has 0 saturated carbocycles. The van der Waals surface area contributed by atoms with Gasteiger partial charge in [0, 0.05) is 22.7 Å². The number of aliphatic carboxylic acids is 1. The summed E-state index contributed by atoms with van der Waals surface area (Å²) in [7, 11) is 1.64. The van der Waals surface area contributed by atoms with Crippen LogP contribution in [0.25, 0.3) is 16.5 Å². The fraction of sp³-hybridized carbons (Fsp3) is 0.211. The molecule has 27 heavy (non-hydrogen) atoms. The Morgan fingerprint density at radius 3 is 2.67 bits per heavy atom. The van der Waals surface area contributed by atoms with Crippen molar-refractivity contribution >= 4 is 57.6 Å². The van der Waals surface area contributed by atoms with Crippen LogP contribution in [-0.2, 0) is 9.59 Å². The van der Waals surface area contributed by atoms with E-state index in [1.54, 1.807) is 18.4 Å². The van der Waals surface area contributed by atoms with Gasteiger partial charge in [0.1, 0.15) is 10.1 Å². The number of thiophene rings is 1. The van der Waals surface area contributed by atoms with Crippen molar-refractivity contribution in [1.29, 1.82) is 0 Å². The number of carbonyl (C=O) groups is 2. The minimum absolute atomic E-state index is 0.0201. The van der Waals surface area contributed by atoms with Gasteiger partial charge in [-0.1, -0.05) is 24.0 Å². The third kappa shape index (κ3) is 4.77. The van der Waals surface area contributed by atoms with E-state index >= 15 is 0 Å². The summed E-state index contributed by atoms with van der Waals surface area (Å²) in [4.78, 5) is 27.3. The number of benzene rings is 1. The smallest absolute Gasteiger partial charge is 0.303 e. The number of hydrogen-bond acceptors (Lipinski definition) is 6. The molecule has 0 unspecified atom stereocenters. The molecular weight excluding hydrogens is 402 g/mol. The Kier molecular flexibility index (Phi) is 6.30. The lowest BCUT2D eigenvalue weighted by Gasteiger charge is -2.13. The topological polar surface area (TPSA) is 66.8 Å². The fourth-order valence-electron chi connectivity index (χ4n) is 2.55. The summed E-state index contributed by atoms with van der Waals surface area (Å²) in [6, 6.07) is 11.8. The summed E-state index contributed by atoms with van der Waals surface area (Å²) in [5.41, 5.74) is 1.08. The zero-order valence-corrected chi connectivity index (χ0v) is 17.0. The second-order valence-electron chi connectivity index (χ2n) is 5.76. The molecule has 0 spiro atoms. The van der Waals surface area contributed by atoms with Crippen molar-refractivity contribution in [3.05, 3.63) is 46.2 Å². The minimum Gasteiger partial charge on any atom is -0.497 e. The van der Waals surface area contributed by atoms with Crippen LogP contribution in [0.3, 0.4) is 0 Å². The molecule has 1 saturated heterocycles. The van der Waals surface area contributed by atoms with Crippen LogP contribution < -0.4 is 4.74 Å². The third-order valence-electron chi connectivity index (χ3n) is 3.92. The van der Waals surface area contributed by atoms with E-state index in [-0.39, 0.29) is 12.3 Å². The summed E-state index contributed by atoms with van der Waals surface area (Å²) >= 11 is 8.11. The molecule has 1 amide bonds. The van der Waals surface area contributed by atoms with Gasteiger partial charge < -0.3 is 9.84 Å². The average Bonchev–Trinajstić information content (AvgIpc) is 3.22. The normalized spacial score (nSPS) is 15.6. The number of nitrogens with zero attached hydrogens (tertiary/aromatic N) is 1. The summed E-state index contributed by atoms with van der Waals surface area (Å²) in [5.74, 6) is -0.225. The quantitative estimate of drug-likeness (QED) is 0.527. The predicted octanol–water partition coefficient (Wildman–Crippen LogP) is 4.49. The van der Waals surface area contributed by atoms with Crippen molar-refractivity contribution < 1.29 is 19.4 Å². The maximum atomic E-state index is 12.5. The highest BCUT2D eigenvalue weighted by Gasteiger charge is 2.31. The Morgan fingerprint density at radius 1 is 1.26 bits per heavy atom. The van der Waals surface area contributed by atoms with E-state index in [1.165, 1.54) is 16.7 Å². The van der Waals surface area contributed by atoms with Crippen molar-refractivity contribution in [1.82, 2.24) is 4.90 Å². The van der Waals surface area contributed by atoms with Gasteiger partial charge in [-0.3, -0.25) is 14.5 Å². The van der Waals surface area contributed by atoms with E-state index in [9.17, 15) is 9.59 Å². The lowest BCUT2D eigenvalue weighted by atomic mass is 10.2. The third-order valence-corrected chi connectivity index (χ3v) is 6.38. The average molecular weight is 420 g/mol. The lowest BCUT2D eigenvalue weighted by Crippen LogP contribution is -2.29. The van der Waals surface area contributed by atoms with Crippen molar-refractivity contribution in [2.24, 2.45) is 0 Å².